The molecule has 9 nitrogen and oxygen atoms in total. The number of aliphatic carboxylic acids is 1. The van der Waals surface area contributed by atoms with E-state index in [1.165, 1.54) is 6.33 Å². The van der Waals surface area contributed by atoms with E-state index in [9.17, 15) is 14.7 Å². The molecule has 0 bridgehead atoms. The van der Waals surface area contributed by atoms with Crippen molar-refractivity contribution in [1.29, 1.82) is 0 Å². The molecular weight excluding hydrogens is 430 g/mol. The van der Waals surface area contributed by atoms with Gasteiger partial charge in [-0.15, -0.1) is 10.2 Å². The van der Waals surface area contributed by atoms with Gasteiger partial charge in [0.2, 0.25) is 5.91 Å². The topological polar surface area (TPSA) is 122 Å². The van der Waals surface area contributed by atoms with E-state index in [2.05, 4.69) is 20.5 Å². The maximum absolute atomic E-state index is 12.5. The summed E-state index contributed by atoms with van der Waals surface area (Å²) in [6.07, 6.45) is 3.49. The zero-order valence-electron chi connectivity index (χ0n) is 17.2. The average molecular weight is 452 g/mol. The molecule has 4 aromatic rings. The molecular formula is C22H21N5O4S. The van der Waals surface area contributed by atoms with Gasteiger partial charge >= 0.3 is 5.97 Å². The molecule has 2 aromatic carbocycles. The third kappa shape index (κ3) is 4.59. The number of para-hydroxylation sites is 3. The lowest BCUT2D eigenvalue weighted by Crippen LogP contribution is -2.43. The van der Waals surface area contributed by atoms with Crippen LogP contribution >= 0.6 is 11.8 Å². The number of aromatic nitrogens is 4. The largest absolute Gasteiger partial charge is 0.495 e. The zero-order chi connectivity index (χ0) is 22.5. The minimum absolute atomic E-state index is 0.00843. The number of nitrogens with zero attached hydrogens (tertiary/aromatic N) is 3. The minimum Gasteiger partial charge on any atom is -0.495 e. The van der Waals surface area contributed by atoms with Crippen LogP contribution in [0.15, 0.2) is 66.2 Å². The molecule has 0 aliphatic carbocycles. The van der Waals surface area contributed by atoms with Crippen molar-refractivity contribution in [3.8, 4) is 11.4 Å². The van der Waals surface area contributed by atoms with Gasteiger partial charge in [-0.2, -0.15) is 0 Å². The Balaban J connectivity index is 1.42. The molecule has 1 amide bonds. The van der Waals surface area contributed by atoms with Crippen molar-refractivity contribution in [3.63, 3.8) is 0 Å². The van der Waals surface area contributed by atoms with Gasteiger partial charge in [-0.3, -0.25) is 9.36 Å². The first kappa shape index (κ1) is 21.4. The number of ether oxygens (including phenoxy) is 1. The summed E-state index contributed by atoms with van der Waals surface area (Å²) in [6, 6.07) is 14.0. The van der Waals surface area contributed by atoms with Gasteiger partial charge in [0.05, 0.1) is 18.6 Å². The minimum atomic E-state index is -1.09. The highest BCUT2D eigenvalue weighted by Crippen LogP contribution is 2.26. The van der Waals surface area contributed by atoms with Crippen LogP contribution in [-0.4, -0.2) is 55.6 Å². The molecule has 1 unspecified atom stereocenters. The number of carboxylic acid groups (broad SMARTS) is 1. The van der Waals surface area contributed by atoms with Crippen molar-refractivity contribution in [2.75, 3.05) is 12.9 Å². The number of H-pyrrole nitrogens is 1. The van der Waals surface area contributed by atoms with Crippen molar-refractivity contribution >= 4 is 34.5 Å². The first-order valence-electron chi connectivity index (χ1n) is 9.80. The van der Waals surface area contributed by atoms with Crippen LogP contribution in [0.3, 0.4) is 0 Å². The molecule has 0 aliphatic rings. The molecule has 0 radical (unpaired) electrons. The van der Waals surface area contributed by atoms with E-state index in [0.29, 0.717) is 10.9 Å². The van der Waals surface area contributed by atoms with Gasteiger partial charge in [0, 0.05) is 23.5 Å². The Morgan fingerprint density at radius 1 is 1.22 bits per heavy atom. The molecule has 0 saturated carbocycles. The molecule has 4 rings (SSSR count). The van der Waals surface area contributed by atoms with Crippen molar-refractivity contribution in [2.24, 2.45) is 0 Å². The molecule has 32 heavy (non-hydrogen) atoms. The van der Waals surface area contributed by atoms with Gasteiger partial charge in [-0.1, -0.05) is 42.1 Å². The fourth-order valence-corrected chi connectivity index (χ4v) is 4.14. The zero-order valence-corrected chi connectivity index (χ0v) is 18.0. The summed E-state index contributed by atoms with van der Waals surface area (Å²) in [4.78, 5) is 27.4. The summed E-state index contributed by atoms with van der Waals surface area (Å²) < 4.78 is 7.10. The third-order valence-electron chi connectivity index (χ3n) is 4.93. The highest BCUT2D eigenvalue weighted by Gasteiger charge is 2.22. The number of carboxylic acids is 1. The van der Waals surface area contributed by atoms with E-state index in [1.807, 2.05) is 48.5 Å². The molecule has 0 fully saturated rings. The van der Waals surface area contributed by atoms with Crippen LogP contribution < -0.4 is 10.1 Å². The van der Waals surface area contributed by atoms with E-state index >= 15 is 0 Å². The lowest BCUT2D eigenvalue weighted by molar-refractivity contribution is -0.141. The van der Waals surface area contributed by atoms with Crippen LogP contribution in [0.5, 0.6) is 5.75 Å². The number of thioether (sulfide) groups is 1. The van der Waals surface area contributed by atoms with Gasteiger partial charge in [0.1, 0.15) is 18.1 Å². The predicted octanol–water partition coefficient (Wildman–Crippen LogP) is 2.66. The fourth-order valence-electron chi connectivity index (χ4n) is 3.40. The Morgan fingerprint density at radius 3 is 2.81 bits per heavy atom. The number of benzene rings is 2. The van der Waals surface area contributed by atoms with Crippen LogP contribution in [0.25, 0.3) is 16.6 Å². The summed E-state index contributed by atoms with van der Waals surface area (Å²) >= 11 is 1.16. The summed E-state index contributed by atoms with van der Waals surface area (Å²) in [6.45, 7) is 0. The maximum Gasteiger partial charge on any atom is 0.326 e. The van der Waals surface area contributed by atoms with Gasteiger partial charge in [0.25, 0.3) is 0 Å². The van der Waals surface area contributed by atoms with Crippen molar-refractivity contribution in [3.05, 3.63) is 66.6 Å². The Morgan fingerprint density at radius 2 is 2.00 bits per heavy atom. The lowest BCUT2D eigenvalue weighted by Gasteiger charge is -2.14. The Kier molecular flexibility index (Phi) is 6.41. The molecule has 2 aromatic heterocycles. The lowest BCUT2D eigenvalue weighted by atomic mass is 10.1. The summed E-state index contributed by atoms with van der Waals surface area (Å²) in [5.41, 5.74) is 2.49. The predicted molar refractivity (Wildman–Crippen MR) is 120 cm³/mol. The SMILES string of the molecule is COc1ccccc1-n1cnnc1SCC(=O)NC(Cc1c[nH]c2ccccc12)C(=O)O. The standard InChI is InChI=1S/C22H21N5O4S/c1-31-19-9-5-4-8-18(19)27-13-24-26-22(27)32-12-20(28)25-17(21(29)30)10-14-11-23-16-7-3-2-6-15(14)16/h2-9,11,13,17,23H,10,12H2,1H3,(H,25,28)(H,29,30). The Labute approximate surface area is 187 Å². The first-order chi connectivity index (χ1) is 15.6. The molecule has 3 N–H and O–H groups in total. The second kappa shape index (κ2) is 9.56. The van der Waals surface area contributed by atoms with Crippen LogP contribution in [-0.2, 0) is 16.0 Å². The molecule has 2 heterocycles. The smallest absolute Gasteiger partial charge is 0.326 e. The molecule has 1 atom stereocenters. The maximum atomic E-state index is 12.5. The number of methoxy groups -OCH3 is 1. The highest BCUT2D eigenvalue weighted by atomic mass is 32.2. The molecule has 164 valence electrons. The molecule has 0 aliphatic heterocycles. The molecule has 10 heteroatoms. The average Bonchev–Trinajstić information content (AvgIpc) is 3.44. The number of aromatic amines is 1. The van der Waals surface area contributed by atoms with Crippen LogP contribution in [0.2, 0.25) is 0 Å². The summed E-state index contributed by atoms with van der Waals surface area (Å²) in [5.74, 6) is -0.864. The van der Waals surface area contributed by atoms with Gasteiger partial charge < -0.3 is 20.1 Å². The number of nitrogens with one attached hydrogen (secondary N) is 2. The number of amides is 1. The van der Waals surface area contributed by atoms with E-state index in [0.717, 1.165) is 33.9 Å². The van der Waals surface area contributed by atoms with E-state index in [4.69, 9.17) is 4.74 Å². The number of hydrogen-bond acceptors (Lipinski definition) is 6. The van der Waals surface area contributed by atoms with Gasteiger partial charge in [-0.05, 0) is 23.8 Å². The van der Waals surface area contributed by atoms with Crippen molar-refractivity contribution < 1.29 is 19.4 Å². The monoisotopic (exact) mass is 451 g/mol. The first-order valence-corrected chi connectivity index (χ1v) is 10.8. The second-order valence-corrected chi connectivity index (χ2v) is 7.91. The number of carbonyl (C=O) groups is 2. The van der Waals surface area contributed by atoms with Gasteiger partial charge in [-0.25, -0.2) is 4.79 Å². The Bertz CT molecular complexity index is 1250. The van der Waals surface area contributed by atoms with E-state index in [-0.39, 0.29) is 12.2 Å². The Hall–Kier alpha value is -3.79. The van der Waals surface area contributed by atoms with E-state index in [1.54, 1.807) is 17.9 Å². The van der Waals surface area contributed by atoms with Crippen LogP contribution in [0, 0.1) is 0 Å². The number of rotatable bonds is 9. The fraction of sp³-hybridized carbons (Fsp3) is 0.182. The third-order valence-corrected chi connectivity index (χ3v) is 5.87. The number of carbonyl (C=O) groups excluding carboxylic acids is 1. The normalized spacial score (nSPS) is 11.9. The van der Waals surface area contributed by atoms with Crippen LogP contribution in [0.1, 0.15) is 5.56 Å². The summed E-state index contributed by atoms with van der Waals surface area (Å²) in [7, 11) is 1.57. The summed E-state index contributed by atoms with van der Waals surface area (Å²) in [5, 5.41) is 21.7. The number of fused-ring (bicyclic) bond motifs is 1. The molecule has 0 saturated heterocycles. The quantitative estimate of drug-likeness (QED) is 0.334. The van der Waals surface area contributed by atoms with Crippen molar-refractivity contribution in [1.82, 2.24) is 25.1 Å². The van der Waals surface area contributed by atoms with Crippen molar-refractivity contribution in [2.45, 2.75) is 17.6 Å². The molecule has 0 spiro atoms. The highest BCUT2D eigenvalue weighted by molar-refractivity contribution is 7.99. The van der Waals surface area contributed by atoms with Gasteiger partial charge in [0.15, 0.2) is 5.16 Å². The van der Waals surface area contributed by atoms with E-state index < -0.39 is 17.9 Å². The number of hydrogen-bond donors (Lipinski definition) is 3. The second-order valence-electron chi connectivity index (χ2n) is 6.97. The van der Waals surface area contributed by atoms with Crippen LogP contribution in [0.4, 0.5) is 0 Å².